The van der Waals surface area contributed by atoms with Crippen LogP contribution in [0.4, 0.5) is 4.39 Å². The lowest BCUT2D eigenvalue weighted by Gasteiger charge is -2.27. The van der Waals surface area contributed by atoms with E-state index >= 15 is 0 Å². The van der Waals surface area contributed by atoms with E-state index in [1.165, 1.54) is 12.1 Å². The first-order valence-electron chi connectivity index (χ1n) is 37.1. The molecule has 560 valence electrons. The smallest absolute Gasteiger partial charge is 0.231 e. The van der Waals surface area contributed by atoms with Gasteiger partial charge in [0.05, 0.1) is 26.4 Å². The monoisotopic (exact) mass is 1530 g/mol. The number of ketones is 4. The van der Waals surface area contributed by atoms with E-state index in [0.717, 1.165) is 136 Å². The lowest BCUT2D eigenvalue weighted by atomic mass is 9.77. The zero-order chi connectivity index (χ0) is 75.6. The zero-order valence-corrected chi connectivity index (χ0v) is 64.7. The number of carbonyl (C=O) groups excluding carboxylic acids is 4. The lowest BCUT2D eigenvalue weighted by molar-refractivity contribution is -0.119. The predicted molar refractivity (Wildman–Crippen MR) is 412 cm³/mol. The molecule has 0 aromatic heterocycles. The molecule has 106 heavy (non-hydrogen) atoms. The minimum Gasteiger partial charge on any atom is -0.494 e. The van der Waals surface area contributed by atoms with Crippen LogP contribution in [0.25, 0.3) is 6.08 Å². The van der Waals surface area contributed by atoms with Gasteiger partial charge in [-0.1, -0.05) is 125 Å². The molecule has 19 heteroatoms. The van der Waals surface area contributed by atoms with Crippen molar-refractivity contribution in [2.45, 2.75) is 164 Å². The van der Waals surface area contributed by atoms with Gasteiger partial charge in [-0.25, -0.2) is 4.39 Å². The van der Waals surface area contributed by atoms with Gasteiger partial charge in [0, 0.05) is 113 Å². The fourth-order valence-corrected chi connectivity index (χ4v) is 14.8. The van der Waals surface area contributed by atoms with Crippen LogP contribution >= 0.6 is 27.5 Å². The van der Waals surface area contributed by atoms with Crippen LogP contribution in [0.15, 0.2) is 132 Å². The molecular weight excluding hydrogens is 1440 g/mol. The first-order chi connectivity index (χ1) is 51.6. The van der Waals surface area contributed by atoms with Crippen LogP contribution in [-0.4, -0.2) is 76.7 Å². The number of unbranched alkanes of at least 4 members (excludes halogenated alkanes) is 1. The van der Waals surface area contributed by atoms with Gasteiger partial charge in [0.1, 0.15) is 51.9 Å². The number of fused-ring (bicyclic) bond motifs is 8. The van der Waals surface area contributed by atoms with Crippen LogP contribution in [0.2, 0.25) is 5.02 Å². The van der Waals surface area contributed by atoms with Crippen molar-refractivity contribution in [1.29, 1.82) is 0 Å². The topological polar surface area (TPSA) is 179 Å². The Morgan fingerprint density at radius 2 is 0.689 bits per heavy atom. The van der Waals surface area contributed by atoms with E-state index < -0.39 is 0 Å². The van der Waals surface area contributed by atoms with Gasteiger partial charge in [-0.15, -0.1) is 0 Å². The molecule has 8 aromatic carbocycles. The predicted octanol–water partition coefficient (Wildman–Crippen LogP) is 20.3. The summed E-state index contributed by atoms with van der Waals surface area (Å²) in [7, 11) is 0. The van der Waals surface area contributed by atoms with Crippen LogP contribution in [0.5, 0.6) is 69.0 Å². The number of Topliss-reactive ketones (excluding diaryl/α,β-unsaturated/α-hetero) is 4. The van der Waals surface area contributed by atoms with Gasteiger partial charge in [-0.3, -0.25) is 19.2 Å². The molecule has 0 saturated heterocycles. The average Bonchev–Trinajstić information content (AvgIpc) is 1.42. The number of rotatable bonds is 15. The first kappa shape index (κ1) is 79.1. The average molecular weight is 1530 g/mol. The maximum Gasteiger partial charge on any atom is 0.231 e. The molecule has 0 spiro atoms. The van der Waals surface area contributed by atoms with E-state index in [2.05, 4.69) is 53.2 Å². The summed E-state index contributed by atoms with van der Waals surface area (Å²) in [6.07, 6.45) is 10.0. The SMILES string of the molecule is CC.CC.CC.CCC/C=C/c1ccc(C2CC(=O)Cc3cc4c(cc32)OCO4)c(OCC)c1.CCOc1cc(Br)ccc1C1CC(=O)Cc2cc3c(cc21)OCO3.CCOc1cc(Cl)ccc1C1CC(=O)Cc2cc3c(cc21)OCO3.CCOc1cc(F)ccc1C1CC(=O)Cc2cc3c(cc21)OCO3. The highest BCUT2D eigenvalue weighted by molar-refractivity contribution is 9.10. The Morgan fingerprint density at radius 3 is 1.04 bits per heavy atom. The van der Waals surface area contributed by atoms with Gasteiger partial charge in [0.25, 0.3) is 0 Å². The normalized spacial score (nSPS) is 17.4. The molecule has 4 heterocycles. The number of halogens is 3. The summed E-state index contributed by atoms with van der Waals surface area (Å²) < 4.78 is 81.6. The Morgan fingerprint density at radius 1 is 0.387 bits per heavy atom. The maximum atomic E-state index is 13.6. The summed E-state index contributed by atoms with van der Waals surface area (Å²) in [5.74, 6) is 8.87. The van der Waals surface area contributed by atoms with E-state index in [1.807, 2.05) is 154 Å². The molecule has 0 saturated carbocycles. The summed E-state index contributed by atoms with van der Waals surface area (Å²) in [5.41, 5.74) is 13.4. The van der Waals surface area contributed by atoms with E-state index in [9.17, 15) is 23.6 Å². The van der Waals surface area contributed by atoms with E-state index in [1.54, 1.807) is 6.07 Å². The molecule has 0 bridgehead atoms. The molecule has 8 aromatic rings. The van der Waals surface area contributed by atoms with Gasteiger partial charge in [-0.2, -0.15) is 0 Å². The Balaban J connectivity index is 0.000000148. The van der Waals surface area contributed by atoms with Gasteiger partial charge in [0.2, 0.25) is 27.2 Å². The van der Waals surface area contributed by atoms with Crippen molar-refractivity contribution in [3.63, 3.8) is 0 Å². The van der Waals surface area contributed by atoms with Crippen LogP contribution in [0.1, 0.15) is 211 Å². The third kappa shape index (κ3) is 18.5. The third-order valence-electron chi connectivity index (χ3n) is 18.7. The minimum absolute atomic E-state index is 0.0228. The fourth-order valence-electron chi connectivity index (χ4n) is 14.3. The Kier molecular flexibility index (Phi) is 28.1. The molecular formula is C87H95BrClFO16. The highest BCUT2D eigenvalue weighted by Crippen LogP contribution is 2.50. The first-order valence-corrected chi connectivity index (χ1v) is 38.3. The standard InChI is InChI=1S/C24H26O4.C19H17BrO4.C19H17ClO4.C19H17FO4.3C2H6/c1-3-5-6-7-16-8-9-19(22(10-16)26-4-2)21-13-18(25)11-17-12-23-24(14-20(17)21)28-15-27-23;3*1-2-22-17-7-12(20)3-4-14(17)16-8-13(21)5-11-6-18-19(9-15(11)16)24-10-23-18;3*1-2/h6-10,12,14,21H,3-5,11,13,15H2,1-2H3;3*3-4,6-7,9,16H,2,5,8,10H2,1H3;3*1-2H3/b7-6+;;;;;;. The number of hydrogen-bond donors (Lipinski definition) is 0. The number of benzene rings is 8. The molecule has 0 amide bonds. The number of carbonyl (C=O) groups is 4. The molecule has 4 aliphatic carbocycles. The van der Waals surface area contributed by atoms with Gasteiger partial charge >= 0.3 is 0 Å². The molecule has 4 atom stereocenters. The second kappa shape index (κ2) is 37.6. The summed E-state index contributed by atoms with van der Waals surface area (Å²) >= 11 is 9.60. The lowest BCUT2D eigenvalue weighted by Crippen LogP contribution is -2.20. The zero-order valence-electron chi connectivity index (χ0n) is 62.4. The number of ether oxygens (including phenoxy) is 12. The van der Waals surface area contributed by atoms with Crippen molar-refractivity contribution in [2.75, 3.05) is 53.6 Å². The van der Waals surface area contributed by atoms with Crippen molar-refractivity contribution in [2.24, 2.45) is 0 Å². The van der Waals surface area contributed by atoms with Crippen molar-refractivity contribution in [3.8, 4) is 69.0 Å². The fraction of sp³-hybridized carbons (Fsp3) is 0.379. The molecule has 16 rings (SSSR count). The number of allylic oxidation sites excluding steroid dienone is 1. The molecule has 8 aliphatic rings. The second-order valence-corrected chi connectivity index (χ2v) is 26.6. The van der Waals surface area contributed by atoms with Crippen molar-refractivity contribution in [1.82, 2.24) is 0 Å². The Bertz CT molecular complexity index is 4160. The summed E-state index contributed by atoms with van der Waals surface area (Å²) in [6, 6.07) is 38.1. The summed E-state index contributed by atoms with van der Waals surface area (Å²) in [6.45, 7) is 24.9. The second-order valence-electron chi connectivity index (χ2n) is 25.3. The van der Waals surface area contributed by atoms with Gasteiger partial charge < -0.3 is 56.8 Å². The third-order valence-corrected chi connectivity index (χ3v) is 19.5. The van der Waals surface area contributed by atoms with Crippen LogP contribution < -0.4 is 56.8 Å². The van der Waals surface area contributed by atoms with Gasteiger partial charge in [0.15, 0.2) is 46.0 Å². The van der Waals surface area contributed by atoms with E-state index in [-0.39, 0.29) is 79.8 Å². The molecule has 0 fully saturated rings. The number of hydrogen-bond acceptors (Lipinski definition) is 16. The summed E-state index contributed by atoms with van der Waals surface area (Å²) in [5, 5.41) is 0.621. The highest BCUT2D eigenvalue weighted by Gasteiger charge is 2.37. The molecule has 4 unspecified atom stereocenters. The van der Waals surface area contributed by atoms with Crippen LogP contribution in [0.3, 0.4) is 0 Å². The molecule has 0 N–H and O–H groups in total. The van der Waals surface area contributed by atoms with Crippen molar-refractivity contribution in [3.05, 3.63) is 215 Å². The minimum atomic E-state index is -0.352. The highest BCUT2D eigenvalue weighted by atomic mass is 79.9. The van der Waals surface area contributed by atoms with E-state index in [0.29, 0.717) is 106 Å². The van der Waals surface area contributed by atoms with Crippen LogP contribution in [0, 0.1) is 5.82 Å². The van der Waals surface area contributed by atoms with Gasteiger partial charge in [-0.05, 0) is 169 Å². The van der Waals surface area contributed by atoms with Crippen molar-refractivity contribution >= 4 is 56.7 Å². The van der Waals surface area contributed by atoms with Crippen LogP contribution in [-0.2, 0) is 44.9 Å². The maximum absolute atomic E-state index is 13.6. The largest absolute Gasteiger partial charge is 0.494 e. The quantitative estimate of drug-likeness (QED) is 0.0945. The molecule has 0 radical (unpaired) electrons. The molecule has 4 aliphatic heterocycles. The van der Waals surface area contributed by atoms with E-state index in [4.69, 9.17) is 68.4 Å². The molecule has 16 nitrogen and oxygen atoms in total. The summed E-state index contributed by atoms with van der Waals surface area (Å²) in [4.78, 5) is 49.4. The Labute approximate surface area is 635 Å². The Hall–Kier alpha value is -9.52. The van der Waals surface area contributed by atoms with Crippen molar-refractivity contribution < 1.29 is 80.4 Å².